The third-order valence-corrected chi connectivity index (χ3v) is 5.92. The van der Waals surface area contributed by atoms with E-state index in [1.54, 1.807) is 7.11 Å². The maximum Gasteiger partial charge on any atom is 0.119 e. The van der Waals surface area contributed by atoms with Gasteiger partial charge in [-0.3, -0.25) is 11.3 Å². The highest BCUT2D eigenvalue weighted by Crippen LogP contribution is 2.51. The number of nitrogens with two attached hydrogens (primary N) is 1. The average molecular weight is 339 g/mol. The fraction of sp³-hybridized carbons (Fsp3) is 0.625. The van der Waals surface area contributed by atoms with Crippen LogP contribution >= 0.6 is 15.9 Å². The Morgan fingerprint density at radius 1 is 1.40 bits per heavy atom. The van der Waals surface area contributed by atoms with E-state index in [4.69, 9.17) is 10.6 Å². The van der Waals surface area contributed by atoms with E-state index in [1.165, 1.54) is 31.2 Å². The topological polar surface area (TPSA) is 47.3 Å². The largest absolute Gasteiger partial charge is 0.497 e. The highest BCUT2D eigenvalue weighted by Gasteiger charge is 2.40. The molecule has 0 radical (unpaired) electrons. The summed E-state index contributed by atoms with van der Waals surface area (Å²) in [5.74, 6) is 9.46. The minimum atomic E-state index is 0.198. The predicted octanol–water partition coefficient (Wildman–Crippen LogP) is 3.79. The molecule has 0 heterocycles. The molecule has 2 bridgehead atoms. The molecular weight excluding hydrogens is 316 g/mol. The molecule has 0 amide bonds. The van der Waals surface area contributed by atoms with Gasteiger partial charge in [-0.1, -0.05) is 22.4 Å². The molecule has 0 spiro atoms. The number of fused-ring (bicyclic) bond motifs is 2. The van der Waals surface area contributed by atoms with Gasteiger partial charge in [0.05, 0.1) is 7.11 Å². The third kappa shape index (κ3) is 2.74. The van der Waals surface area contributed by atoms with Crippen LogP contribution in [0.15, 0.2) is 22.7 Å². The number of hydrazine groups is 1. The second-order valence-electron chi connectivity index (χ2n) is 6.28. The van der Waals surface area contributed by atoms with Crippen molar-refractivity contribution in [3.05, 3.63) is 28.2 Å². The van der Waals surface area contributed by atoms with Crippen molar-refractivity contribution in [3.8, 4) is 5.75 Å². The normalized spacial score (nSPS) is 29.6. The van der Waals surface area contributed by atoms with Crippen LogP contribution in [0, 0.1) is 17.8 Å². The molecule has 0 aliphatic heterocycles. The van der Waals surface area contributed by atoms with Crippen LogP contribution in [-0.2, 0) is 0 Å². The van der Waals surface area contributed by atoms with Crippen LogP contribution in [0.25, 0.3) is 0 Å². The lowest BCUT2D eigenvalue weighted by molar-refractivity contribution is 0.279. The van der Waals surface area contributed by atoms with Gasteiger partial charge in [0.15, 0.2) is 0 Å². The number of hydrogen-bond donors (Lipinski definition) is 2. The molecular formula is C16H23BrN2O. The Labute approximate surface area is 129 Å². The predicted molar refractivity (Wildman–Crippen MR) is 84.3 cm³/mol. The van der Waals surface area contributed by atoms with Crippen molar-refractivity contribution in [2.45, 2.75) is 38.1 Å². The lowest BCUT2D eigenvalue weighted by Gasteiger charge is -2.27. The molecule has 4 unspecified atom stereocenters. The van der Waals surface area contributed by atoms with Gasteiger partial charge in [0.2, 0.25) is 0 Å². The van der Waals surface area contributed by atoms with Gasteiger partial charge in [-0.2, -0.15) is 0 Å². The molecule has 4 heteroatoms. The second-order valence-corrected chi connectivity index (χ2v) is 7.13. The van der Waals surface area contributed by atoms with Crippen molar-refractivity contribution in [1.82, 2.24) is 5.43 Å². The average Bonchev–Trinajstić information content (AvgIpc) is 3.08. The second kappa shape index (κ2) is 6.04. The highest BCUT2D eigenvalue weighted by atomic mass is 79.9. The van der Waals surface area contributed by atoms with Crippen molar-refractivity contribution in [1.29, 1.82) is 0 Å². The number of methoxy groups -OCH3 is 1. The van der Waals surface area contributed by atoms with Crippen LogP contribution in [0.5, 0.6) is 5.75 Å². The quantitative estimate of drug-likeness (QED) is 0.634. The highest BCUT2D eigenvalue weighted by molar-refractivity contribution is 9.10. The number of benzene rings is 1. The Balaban J connectivity index is 1.76. The fourth-order valence-corrected chi connectivity index (χ4v) is 4.69. The van der Waals surface area contributed by atoms with Crippen LogP contribution in [-0.4, -0.2) is 7.11 Å². The van der Waals surface area contributed by atoms with Crippen LogP contribution in [0.2, 0.25) is 0 Å². The van der Waals surface area contributed by atoms with Gasteiger partial charge in [0.25, 0.3) is 0 Å². The Morgan fingerprint density at radius 2 is 2.25 bits per heavy atom. The molecule has 3 N–H and O–H groups in total. The SMILES string of the molecule is COc1ccc(Br)c(C(CC2CC3CCC2C3)NN)c1. The molecule has 1 aromatic rings. The third-order valence-electron chi connectivity index (χ3n) is 5.20. The van der Waals surface area contributed by atoms with Gasteiger partial charge in [0.1, 0.15) is 5.75 Å². The van der Waals surface area contributed by atoms with Crippen LogP contribution in [0.3, 0.4) is 0 Å². The molecule has 3 nitrogen and oxygen atoms in total. The summed E-state index contributed by atoms with van der Waals surface area (Å²) in [7, 11) is 1.70. The molecule has 0 saturated heterocycles. The Morgan fingerprint density at radius 3 is 2.85 bits per heavy atom. The molecule has 4 atom stereocenters. The maximum absolute atomic E-state index is 5.83. The maximum atomic E-state index is 5.83. The molecule has 2 fully saturated rings. The first kappa shape index (κ1) is 14.4. The summed E-state index contributed by atoms with van der Waals surface area (Å²) in [6, 6.07) is 6.30. The standard InChI is InChI=1S/C16H23BrN2O/c1-20-13-4-5-15(17)14(9-13)16(19-18)8-12-7-10-2-3-11(12)6-10/h4-5,9-12,16,19H,2-3,6-8,18H2,1H3. The summed E-state index contributed by atoms with van der Waals surface area (Å²) in [4.78, 5) is 0. The van der Waals surface area contributed by atoms with Crippen LogP contribution in [0.4, 0.5) is 0 Å². The fourth-order valence-electron chi connectivity index (χ4n) is 4.17. The van der Waals surface area contributed by atoms with E-state index in [2.05, 4.69) is 27.4 Å². The van der Waals surface area contributed by atoms with Crippen molar-refractivity contribution < 1.29 is 4.74 Å². The molecule has 1 aromatic carbocycles. The van der Waals surface area contributed by atoms with E-state index in [1.807, 2.05) is 12.1 Å². The molecule has 110 valence electrons. The van der Waals surface area contributed by atoms with Gasteiger partial charge in [-0.05, 0) is 67.2 Å². The summed E-state index contributed by atoms with van der Waals surface area (Å²) in [5.41, 5.74) is 4.21. The van der Waals surface area contributed by atoms with E-state index in [0.717, 1.165) is 34.4 Å². The zero-order valence-corrected chi connectivity index (χ0v) is 13.5. The Kier molecular flexibility index (Phi) is 4.34. The summed E-state index contributed by atoms with van der Waals surface area (Å²) >= 11 is 3.64. The summed E-state index contributed by atoms with van der Waals surface area (Å²) in [6.45, 7) is 0. The van der Waals surface area contributed by atoms with Gasteiger partial charge in [-0.25, -0.2) is 0 Å². The van der Waals surface area contributed by atoms with E-state index < -0.39 is 0 Å². The number of ether oxygens (including phenoxy) is 1. The van der Waals surface area contributed by atoms with Crippen molar-refractivity contribution in [3.63, 3.8) is 0 Å². The lowest BCUT2D eigenvalue weighted by Crippen LogP contribution is -2.31. The first-order valence-electron chi connectivity index (χ1n) is 7.50. The number of rotatable bonds is 5. The van der Waals surface area contributed by atoms with E-state index in [0.29, 0.717) is 0 Å². The number of hydrogen-bond acceptors (Lipinski definition) is 3. The van der Waals surface area contributed by atoms with Gasteiger partial charge in [0, 0.05) is 10.5 Å². The Bertz CT molecular complexity index is 480. The summed E-state index contributed by atoms with van der Waals surface area (Å²) in [5, 5.41) is 0. The zero-order valence-electron chi connectivity index (χ0n) is 11.9. The molecule has 0 aromatic heterocycles. The smallest absolute Gasteiger partial charge is 0.119 e. The minimum absolute atomic E-state index is 0.198. The molecule has 2 aliphatic carbocycles. The van der Waals surface area contributed by atoms with E-state index >= 15 is 0 Å². The monoisotopic (exact) mass is 338 g/mol. The first-order chi connectivity index (χ1) is 9.71. The Hall–Kier alpha value is -0.580. The van der Waals surface area contributed by atoms with Crippen molar-refractivity contribution in [2.75, 3.05) is 7.11 Å². The van der Waals surface area contributed by atoms with E-state index in [9.17, 15) is 0 Å². The van der Waals surface area contributed by atoms with E-state index in [-0.39, 0.29) is 6.04 Å². The van der Waals surface area contributed by atoms with Crippen molar-refractivity contribution >= 4 is 15.9 Å². The zero-order chi connectivity index (χ0) is 14.1. The lowest BCUT2D eigenvalue weighted by atomic mass is 9.83. The van der Waals surface area contributed by atoms with Gasteiger partial charge >= 0.3 is 0 Å². The van der Waals surface area contributed by atoms with Crippen LogP contribution < -0.4 is 16.0 Å². The van der Waals surface area contributed by atoms with Crippen LogP contribution in [0.1, 0.15) is 43.7 Å². The molecule has 2 saturated carbocycles. The molecule has 20 heavy (non-hydrogen) atoms. The van der Waals surface area contributed by atoms with Crippen molar-refractivity contribution in [2.24, 2.45) is 23.6 Å². The summed E-state index contributed by atoms with van der Waals surface area (Å²) in [6.07, 6.45) is 6.84. The molecule has 3 rings (SSSR count). The van der Waals surface area contributed by atoms with Gasteiger partial charge < -0.3 is 4.74 Å². The minimum Gasteiger partial charge on any atom is -0.497 e. The number of nitrogens with one attached hydrogen (secondary N) is 1. The van der Waals surface area contributed by atoms with Gasteiger partial charge in [-0.15, -0.1) is 0 Å². The first-order valence-corrected chi connectivity index (χ1v) is 8.30. The number of halogens is 1. The summed E-state index contributed by atoms with van der Waals surface area (Å²) < 4.78 is 6.44. The molecule has 2 aliphatic rings.